The monoisotopic (exact) mass is 358 g/mol. The number of carbonyl (C=O) groups excluding carboxylic acids is 1. The largest absolute Gasteiger partial charge is 0.457 e. The molecule has 0 atom stereocenters. The van der Waals surface area contributed by atoms with Gasteiger partial charge in [-0.3, -0.25) is 9.69 Å². The summed E-state index contributed by atoms with van der Waals surface area (Å²) in [5, 5.41) is 2.97. The quantitative estimate of drug-likeness (QED) is 0.731. The van der Waals surface area contributed by atoms with E-state index in [1.54, 1.807) is 0 Å². The summed E-state index contributed by atoms with van der Waals surface area (Å²) in [6.07, 6.45) is 0.995. The standard InChI is InChI=1S/C23H22N2O2/c26-23(17-25-15-14-18-6-4-5-7-19(18)16-25)24-20-10-12-22(13-11-20)27-21-8-2-1-3-9-21/h1-13H,14-17H2,(H,24,26). The van der Waals surface area contributed by atoms with Crippen LogP contribution in [0.15, 0.2) is 78.9 Å². The van der Waals surface area contributed by atoms with Gasteiger partial charge in [0.2, 0.25) is 5.91 Å². The molecule has 3 aromatic carbocycles. The van der Waals surface area contributed by atoms with Crippen molar-refractivity contribution < 1.29 is 9.53 Å². The first-order valence-electron chi connectivity index (χ1n) is 9.18. The van der Waals surface area contributed by atoms with Gasteiger partial charge >= 0.3 is 0 Å². The number of nitrogens with one attached hydrogen (secondary N) is 1. The topological polar surface area (TPSA) is 41.6 Å². The molecule has 1 heterocycles. The Labute approximate surface area is 159 Å². The number of fused-ring (bicyclic) bond motifs is 1. The maximum atomic E-state index is 12.4. The summed E-state index contributed by atoms with van der Waals surface area (Å²) in [7, 11) is 0. The molecule has 4 heteroatoms. The zero-order valence-electron chi connectivity index (χ0n) is 15.1. The zero-order chi connectivity index (χ0) is 18.5. The molecule has 1 aliphatic rings. The number of nitrogens with zero attached hydrogens (tertiary/aromatic N) is 1. The highest BCUT2D eigenvalue weighted by Gasteiger charge is 2.18. The molecule has 0 fully saturated rings. The fraction of sp³-hybridized carbons (Fsp3) is 0.174. The van der Waals surface area contributed by atoms with Gasteiger partial charge in [0.25, 0.3) is 0 Å². The Morgan fingerprint density at radius 3 is 2.30 bits per heavy atom. The van der Waals surface area contributed by atoms with Crippen LogP contribution in [-0.4, -0.2) is 23.9 Å². The van der Waals surface area contributed by atoms with Crippen LogP contribution in [0.2, 0.25) is 0 Å². The molecule has 0 aromatic heterocycles. The van der Waals surface area contributed by atoms with Gasteiger partial charge < -0.3 is 10.1 Å². The van der Waals surface area contributed by atoms with Crippen LogP contribution in [0.1, 0.15) is 11.1 Å². The first-order valence-corrected chi connectivity index (χ1v) is 9.18. The van der Waals surface area contributed by atoms with Crippen LogP contribution < -0.4 is 10.1 Å². The molecule has 0 saturated carbocycles. The van der Waals surface area contributed by atoms with Crippen LogP contribution in [0.25, 0.3) is 0 Å². The molecule has 27 heavy (non-hydrogen) atoms. The molecular weight excluding hydrogens is 336 g/mol. The molecule has 0 radical (unpaired) electrons. The van der Waals surface area contributed by atoms with E-state index in [-0.39, 0.29) is 5.91 Å². The smallest absolute Gasteiger partial charge is 0.238 e. The molecule has 1 amide bonds. The summed E-state index contributed by atoms with van der Waals surface area (Å²) in [4.78, 5) is 14.6. The Bertz CT molecular complexity index is 907. The molecule has 0 aliphatic carbocycles. The van der Waals surface area contributed by atoms with E-state index in [4.69, 9.17) is 4.74 Å². The van der Waals surface area contributed by atoms with Gasteiger partial charge in [0, 0.05) is 18.8 Å². The fourth-order valence-corrected chi connectivity index (χ4v) is 3.32. The van der Waals surface area contributed by atoms with Crippen molar-refractivity contribution in [2.24, 2.45) is 0 Å². The first kappa shape index (κ1) is 17.3. The second-order valence-corrected chi connectivity index (χ2v) is 6.72. The highest BCUT2D eigenvalue weighted by molar-refractivity contribution is 5.92. The van der Waals surface area contributed by atoms with Gasteiger partial charge in [-0.1, -0.05) is 42.5 Å². The van der Waals surface area contributed by atoms with Crippen LogP contribution in [-0.2, 0) is 17.8 Å². The molecule has 136 valence electrons. The summed E-state index contributed by atoms with van der Waals surface area (Å²) in [5.74, 6) is 1.54. The molecule has 3 aromatic rings. The molecule has 0 saturated heterocycles. The Morgan fingerprint density at radius 1 is 0.852 bits per heavy atom. The van der Waals surface area contributed by atoms with Crippen LogP contribution in [0.4, 0.5) is 5.69 Å². The number of carbonyl (C=O) groups is 1. The number of benzene rings is 3. The Kier molecular flexibility index (Phi) is 5.17. The number of hydrogen-bond donors (Lipinski definition) is 1. The van der Waals surface area contributed by atoms with E-state index in [2.05, 4.69) is 34.5 Å². The number of amides is 1. The minimum atomic E-state index is 0.00566. The SMILES string of the molecule is O=C(CN1CCc2ccccc2C1)Nc1ccc(Oc2ccccc2)cc1. The fourth-order valence-electron chi connectivity index (χ4n) is 3.32. The normalized spacial score (nSPS) is 13.6. The molecule has 0 spiro atoms. The van der Waals surface area contributed by atoms with E-state index in [0.29, 0.717) is 6.54 Å². The lowest BCUT2D eigenvalue weighted by Crippen LogP contribution is -2.37. The van der Waals surface area contributed by atoms with Crippen molar-refractivity contribution in [2.45, 2.75) is 13.0 Å². The van der Waals surface area contributed by atoms with Gasteiger partial charge in [0.1, 0.15) is 11.5 Å². The van der Waals surface area contributed by atoms with Crippen molar-refractivity contribution in [2.75, 3.05) is 18.4 Å². The molecule has 1 aliphatic heterocycles. The van der Waals surface area contributed by atoms with Crippen molar-refractivity contribution in [1.82, 2.24) is 4.90 Å². The number of hydrogen-bond acceptors (Lipinski definition) is 3. The van der Waals surface area contributed by atoms with Crippen molar-refractivity contribution in [1.29, 1.82) is 0 Å². The molecule has 0 bridgehead atoms. The first-order chi connectivity index (χ1) is 13.3. The number of anilines is 1. The van der Waals surface area contributed by atoms with Gasteiger partial charge in [-0.15, -0.1) is 0 Å². The van der Waals surface area contributed by atoms with Gasteiger partial charge in [0.05, 0.1) is 6.54 Å². The minimum Gasteiger partial charge on any atom is -0.457 e. The maximum Gasteiger partial charge on any atom is 0.238 e. The van der Waals surface area contributed by atoms with E-state index < -0.39 is 0 Å². The third-order valence-corrected chi connectivity index (χ3v) is 4.69. The van der Waals surface area contributed by atoms with Crippen molar-refractivity contribution >= 4 is 11.6 Å². The Balaban J connectivity index is 1.31. The maximum absolute atomic E-state index is 12.4. The minimum absolute atomic E-state index is 0.00566. The van der Waals surface area contributed by atoms with Gasteiger partial charge in [-0.25, -0.2) is 0 Å². The molecular formula is C23H22N2O2. The van der Waals surface area contributed by atoms with Crippen molar-refractivity contribution in [3.05, 3.63) is 90.0 Å². The summed E-state index contributed by atoms with van der Waals surface area (Å²) >= 11 is 0. The van der Waals surface area contributed by atoms with Gasteiger partial charge in [0.15, 0.2) is 0 Å². The predicted molar refractivity (Wildman–Crippen MR) is 107 cm³/mol. The molecule has 0 unspecified atom stereocenters. The highest BCUT2D eigenvalue weighted by Crippen LogP contribution is 2.23. The zero-order valence-corrected chi connectivity index (χ0v) is 15.1. The molecule has 4 rings (SSSR count). The van der Waals surface area contributed by atoms with E-state index >= 15 is 0 Å². The third-order valence-electron chi connectivity index (χ3n) is 4.69. The third kappa shape index (κ3) is 4.54. The number of ether oxygens (including phenoxy) is 1. The van der Waals surface area contributed by atoms with E-state index in [1.807, 2.05) is 54.6 Å². The lowest BCUT2D eigenvalue weighted by atomic mass is 10.00. The van der Waals surface area contributed by atoms with Gasteiger partial charge in [-0.05, 0) is 53.9 Å². The average Bonchev–Trinajstić information content (AvgIpc) is 2.70. The lowest BCUT2D eigenvalue weighted by Gasteiger charge is -2.28. The molecule has 1 N–H and O–H groups in total. The highest BCUT2D eigenvalue weighted by atomic mass is 16.5. The lowest BCUT2D eigenvalue weighted by molar-refractivity contribution is -0.117. The van der Waals surface area contributed by atoms with Crippen LogP contribution in [0, 0.1) is 0 Å². The number of rotatable bonds is 5. The number of para-hydroxylation sites is 1. The Morgan fingerprint density at radius 2 is 1.52 bits per heavy atom. The van der Waals surface area contributed by atoms with Crippen LogP contribution in [0.3, 0.4) is 0 Å². The molecule has 4 nitrogen and oxygen atoms in total. The van der Waals surface area contributed by atoms with Crippen LogP contribution in [0.5, 0.6) is 11.5 Å². The van der Waals surface area contributed by atoms with E-state index in [0.717, 1.165) is 36.7 Å². The second kappa shape index (κ2) is 8.06. The van der Waals surface area contributed by atoms with Crippen molar-refractivity contribution in [3.63, 3.8) is 0 Å². The van der Waals surface area contributed by atoms with Gasteiger partial charge in [-0.2, -0.15) is 0 Å². The Hall–Kier alpha value is -3.11. The average molecular weight is 358 g/mol. The van der Waals surface area contributed by atoms with Crippen molar-refractivity contribution in [3.8, 4) is 11.5 Å². The van der Waals surface area contributed by atoms with E-state index in [9.17, 15) is 4.79 Å². The summed E-state index contributed by atoms with van der Waals surface area (Å²) in [6, 6.07) is 25.5. The second-order valence-electron chi connectivity index (χ2n) is 6.72. The summed E-state index contributed by atoms with van der Waals surface area (Å²) in [6.45, 7) is 2.14. The predicted octanol–water partition coefficient (Wildman–Crippen LogP) is 4.48. The van der Waals surface area contributed by atoms with E-state index in [1.165, 1.54) is 11.1 Å². The van der Waals surface area contributed by atoms with Crippen LogP contribution >= 0.6 is 0 Å². The summed E-state index contributed by atoms with van der Waals surface area (Å²) < 4.78 is 5.77. The summed E-state index contributed by atoms with van der Waals surface area (Å²) in [5.41, 5.74) is 3.49.